The maximum Gasteiger partial charge on any atom is 0.327 e. The summed E-state index contributed by atoms with van der Waals surface area (Å²) in [5.74, 6) is -0.0415. The van der Waals surface area contributed by atoms with Gasteiger partial charge in [0.2, 0.25) is 0 Å². The van der Waals surface area contributed by atoms with Gasteiger partial charge in [0.15, 0.2) is 0 Å². The van der Waals surface area contributed by atoms with E-state index in [2.05, 4.69) is 4.98 Å². The smallest absolute Gasteiger partial charge is 0.327 e. The molecule has 108 valence electrons. The Bertz CT molecular complexity index is 483. The molecule has 0 bridgehead atoms. The Balaban J connectivity index is 1.90. The predicted molar refractivity (Wildman–Crippen MR) is 76.6 cm³/mol. The van der Waals surface area contributed by atoms with Crippen LogP contribution in [-0.4, -0.2) is 63.2 Å². The van der Waals surface area contributed by atoms with Crippen molar-refractivity contribution >= 4 is 23.8 Å². The lowest BCUT2D eigenvalue weighted by molar-refractivity contribution is -0.140. The number of carbonyl (C=O) groups is 2. The van der Waals surface area contributed by atoms with Gasteiger partial charge in [-0.3, -0.25) is 4.98 Å². The number of thioether (sulfide) groups is 1. The summed E-state index contributed by atoms with van der Waals surface area (Å²) in [5, 5.41) is 9.09. The standard InChI is InChI=1S/C13H17N3O3S/c1-15(7-4-10-2-5-14-6-3-10)13(19)16-9-20-8-11(16)12(17)18/h2-3,5-6,11H,4,7-9H2,1H3,(H,17,18)/t11-/m0/s1. The van der Waals surface area contributed by atoms with Crippen molar-refractivity contribution in [1.29, 1.82) is 0 Å². The summed E-state index contributed by atoms with van der Waals surface area (Å²) in [6.07, 6.45) is 4.16. The van der Waals surface area contributed by atoms with Crippen molar-refractivity contribution < 1.29 is 14.7 Å². The molecule has 0 radical (unpaired) electrons. The maximum absolute atomic E-state index is 12.2. The molecule has 20 heavy (non-hydrogen) atoms. The van der Waals surface area contributed by atoms with E-state index in [9.17, 15) is 9.59 Å². The summed E-state index contributed by atoms with van der Waals surface area (Å²) in [5.41, 5.74) is 1.10. The van der Waals surface area contributed by atoms with E-state index in [1.165, 1.54) is 16.7 Å². The lowest BCUT2D eigenvalue weighted by Crippen LogP contribution is -2.47. The lowest BCUT2D eigenvalue weighted by atomic mass is 10.2. The zero-order valence-corrected chi connectivity index (χ0v) is 12.0. The van der Waals surface area contributed by atoms with Crippen LogP contribution in [0.5, 0.6) is 0 Å². The van der Waals surface area contributed by atoms with Crippen LogP contribution in [0.15, 0.2) is 24.5 Å². The minimum Gasteiger partial charge on any atom is -0.480 e. The van der Waals surface area contributed by atoms with Crippen LogP contribution >= 0.6 is 11.8 Å². The van der Waals surface area contributed by atoms with E-state index < -0.39 is 12.0 Å². The quantitative estimate of drug-likeness (QED) is 0.901. The molecule has 1 aromatic rings. The number of aliphatic carboxylic acids is 1. The van der Waals surface area contributed by atoms with Crippen molar-refractivity contribution in [3.05, 3.63) is 30.1 Å². The van der Waals surface area contributed by atoms with Crippen LogP contribution in [0.4, 0.5) is 4.79 Å². The van der Waals surface area contributed by atoms with Gasteiger partial charge in [-0.2, -0.15) is 0 Å². The molecule has 1 saturated heterocycles. The second-order valence-electron chi connectivity index (χ2n) is 4.63. The molecule has 0 aliphatic carbocycles. The molecule has 1 aromatic heterocycles. The molecule has 0 unspecified atom stereocenters. The summed E-state index contributed by atoms with van der Waals surface area (Å²) in [7, 11) is 1.70. The van der Waals surface area contributed by atoms with E-state index in [0.29, 0.717) is 18.2 Å². The van der Waals surface area contributed by atoms with Crippen LogP contribution in [0.3, 0.4) is 0 Å². The number of hydrogen-bond donors (Lipinski definition) is 1. The largest absolute Gasteiger partial charge is 0.480 e. The number of rotatable bonds is 4. The summed E-state index contributed by atoms with van der Waals surface area (Å²) in [6.45, 7) is 0.552. The summed E-state index contributed by atoms with van der Waals surface area (Å²) in [4.78, 5) is 30.3. The van der Waals surface area contributed by atoms with Crippen LogP contribution in [0.1, 0.15) is 5.56 Å². The summed E-state index contributed by atoms with van der Waals surface area (Å²) < 4.78 is 0. The van der Waals surface area contributed by atoms with Gasteiger partial charge in [0.05, 0.1) is 5.88 Å². The number of carbonyl (C=O) groups excluding carboxylic acids is 1. The molecular formula is C13H17N3O3S. The average Bonchev–Trinajstić information content (AvgIpc) is 2.94. The zero-order chi connectivity index (χ0) is 14.5. The molecule has 1 aliphatic heterocycles. The highest BCUT2D eigenvalue weighted by molar-refractivity contribution is 7.99. The number of amides is 2. The highest BCUT2D eigenvalue weighted by atomic mass is 32.2. The summed E-state index contributed by atoms with van der Waals surface area (Å²) >= 11 is 1.47. The molecule has 0 saturated carbocycles. The van der Waals surface area contributed by atoms with Crippen LogP contribution in [0, 0.1) is 0 Å². The number of carboxylic acid groups (broad SMARTS) is 1. The Labute approximate surface area is 121 Å². The molecule has 6 nitrogen and oxygen atoms in total. The first-order chi connectivity index (χ1) is 9.59. The average molecular weight is 295 g/mol. The monoisotopic (exact) mass is 295 g/mol. The number of carboxylic acids is 1. The van der Waals surface area contributed by atoms with Crippen molar-refractivity contribution in [3.63, 3.8) is 0 Å². The van der Waals surface area contributed by atoms with E-state index >= 15 is 0 Å². The normalized spacial score (nSPS) is 18.1. The first kappa shape index (κ1) is 14.6. The van der Waals surface area contributed by atoms with Gasteiger partial charge >= 0.3 is 12.0 Å². The van der Waals surface area contributed by atoms with Crippen molar-refractivity contribution in [2.45, 2.75) is 12.5 Å². The summed E-state index contributed by atoms with van der Waals surface area (Å²) in [6, 6.07) is 2.88. The molecule has 1 aliphatic rings. The third-order valence-electron chi connectivity index (χ3n) is 3.22. The Kier molecular flexibility index (Phi) is 4.84. The fourth-order valence-corrected chi connectivity index (χ4v) is 3.14. The molecule has 1 atom stereocenters. The minimum atomic E-state index is -0.939. The number of urea groups is 1. The molecule has 2 rings (SSSR count). The minimum absolute atomic E-state index is 0.226. The molecule has 0 aromatic carbocycles. The predicted octanol–water partition coefficient (Wildman–Crippen LogP) is 1.14. The second kappa shape index (κ2) is 6.60. The third kappa shape index (κ3) is 3.41. The van der Waals surface area contributed by atoms with Crippen molar-refractivity contribution in [1.82, 2.24) is 14.8 Å². The number of pyridine rings is 1. The van der Waals surface area contributed by atoms with Crippen molar-refractivity contribution in [2.75, 3.05) is 25.2 Å². The Hall–Kier alpha value is -1.76. The number of likely N-dealkylation sites (N-methyl/N-ethyl adjacent to an activating group) is 1. The molecule has 1 N–H and O–H groups in total. The van der Waals surface area contributed by atoms with Gasteiger partial charge in [-0.25, -0.2) is 9.59 Å². The van der Waals surface area contributed by atoms with Crippen LogP contribution in [-0.2, 0) is 11.2 Å². The van der Waals surface area contributed by atoms with E-state index in [1.807, 2.05) is 12.1 Å². The Morgan fingerprint density at radius 2 is 2.20 bits per heavy atom. The van der Waals surface area contributed by atoms with Gasteiger partial charge in [-0.1, -0.05) is 0 Å². The maximum atomic E-state index is 12.2. The Morgan fingerprint density at radius 3 is 2.85 bits per heavy atom. The molecule has 7 heteroatoms. The lowest BCUT2D eigenvalue weighted by Gasteiger charge is -2.27. The van der Waals surface area contributed by atoms with Crippen LogP contribution < -0.4 is 0 Å². The van der Waals surface area contributed by atoms with E-state index in [4.69, 9.17) is 5.11 Å². The number of aromatic nitrogens is 1. The number of hydrogen-bond acceptors (Lipinski definition) is 4. The fraction of sp³-hybridized carbons (Fsp3) is 0.462. The first-order valence-corrected chi connectivity index (χ1v) is 7.46. The van der Waals surface area contributed by atoms with Crippen LogP contribution in [0.2, 0.25) is 0 Å². The van der Waals surface area contributed by atoms with Gasteiger partial charge < -0.3 is 14.9 Å². The molecule has 0 spiro atoms. The second-order valence-corrected chi connectivity index (χ2v) is 5.63. The third-order valence-corrected chi connectivity index (χ3v) is 4.24. The van der Waals surface area contributed by atoms with Crippen molar-refractivity contribution in [3.8, 4) is 0 Å². The molecular weight excluding hydrogens is 278 g/mol. The van der Waals surface area contributed by atoms with Gasteiger partial charge in [-0.05, 0) is 24.1 Å². The fourth-order valence-electron chi connectivity index (χ4n) is 2.00. The van der Waals surface area contributed by atoms with E-state index in [1.54, 1.807) is 24.3 Å². The van der Waals surface area contributed by atoms with Gasteiger partial charge in [0.1, 0.15) is 6.04 Å². The molecule has 2 amide bonds. The van der Waals surface area contributed by atoms with Crippen molar-refractivity contribution in [2.24, 2.45) is 0 Å². The topological polar surface area (TPSA) is 73.7 Å². The van der Waals surface area contributed by atoms with Gasteiger partial charge in [-0.15, -0.1) is 11.8 Å². The highest BCUT2D eigenvalue weighted by Crippen LogP contribution is 2.22. The molecule has 1 fully saturated rings. The zero-order valence-electron chi connectivity index (χ0n) is 11.2. The van der Waals surface area contributed by atoms with E-state index in [0.717, 1.165) is 12.0 Å². The Morgan fingerprint density at radius 1 is 1.50 bits per heavy atom. The first-order valence-electron chi connectivity index (χ1n) is 6.31. The van der Waals surface area contributed by atoms with Gasteiger partial charge in [0.25, 0.3) is 0 Å². The number of nitrogens with zero attached hydrogens (tertiary/aromatic N) is 3. The molecule has 2 heterocycles. The SMILES string of the molecule is CN(CCc1ccncc1)C(=O)N1CSC[C@H]1C(=O)O. The highest BCUT2D eigenvalue weighted by Gasteiger charge is 2.35. The van der Waals surface area contributed by atoms with Crippen LogP contribution in [0.25, 0.3) is 0 Å². The van der Waals surface area contributed by atoms with Gasteiger partial charge in [0, 0.05) is 31.7 Å². The van der Waals surface area contributed by atoms with E-state index in [-0.39, 0.29) is 6.03 Å².